The molecule has 41 heavy (non-hydrogen) atoms. The Kier molecular flexibility index (Phi) is 5.20. The average molecular weight is 525 g/mol. The summed E-state index contributed by atoms with van der Waals surface area (Å²) < 4.78 is 0. The Labute approximate surface area is 240 Å². The van der Waals surface area contributed by atoms with Crippen molar-refractivity contribution in [1.29, 1.82) is 0 Å². The second kappa shape index (κ2) is 8.97. The van der Waals surface area contributed by atoms with Crippen molar-refractivity contribution in [2.75, 3.05) is 0 Å². The Morgan fingerprint density at radius 3 is 2.07 bits per heavy atom. The minimum absolute atomic E-state index is 0.140. The molecule has 2 heterocycles. The number of hydrogen-bond acceptors (Lipinski definition) is 2. The first-order valence-corrected chi connectivity index (χ1v) is 14.2. The van der Waals surface area contributed by atoms with E-state index in [0.717, 1.165) is 27.7 Å². The second-order valence-corrected chi connectivity index (χ2v) is 11.5. The molecule has 0 fully saturated rings. The highest BCUT2D eigenvalue weighted by molar-refractivity contribution is 6.02. The van der Waals surface area contributed by atoms with Gasteiger partial charge >= 0.3 is 0 Å². The van der Waals surface area contributed by atoms with Crippen molar-refractivity contribution in [3.8, 4) is 44.6 Å². The summed E-state index contributed by atoms with van der Waals surface area (Å²) >= 11 is 0. The monoisotopic (exact) mass is 524 g/mol. The van der Waals surface area contributed by atoms with E-state index in [1.54, 1.807) is 0 Å². The van der Waals surface area contributed by atoms with Gasteiger partial charge in [0.25, 0.3) is 0 Å². The summed E-state index contributed by atoms with van der Waals surface area (Å²) in [5.41, 5.74) is 14.1. The molecule has 1 aliphatic rings. The van der Waals surface area contributed by atoms with Crippen LogP contribution >= 0.6 is 0 Å². The molecule has 7 aromatic rings. The largest absolute Gasteiger partial charge is 0.256 e. The van der Waals surface area contributed by atoms with Crippen LogP contribution in [0.5, 0.6) is 0 Å². The zero-order chi connectivity index (χ0) is 27.6. The normalized spacial score (nSPS) is 13.3. The van der Waals surface area contributed by atoms with E-state index < -0.39 is 0 Å². The Hall–Kier alpha value is -5.08. The number of para-hydroxylation sites is 2. The molecule has 0 radical (unpaired) electrons. The minimum Gasteiger partial charge on any atom is -0.256 e. The van der Waals surface area contributed by atoms with Gasteiger partial charge in [0.1, 0.15) is 0 Å². The van der Waals surface area contributed by atoms with Gasteiger partial charge in [-0.05, 0) is 63.2 Å². The summed E-state index contributed by atoms with van der Waals surface area (Å²) in [6, 6.07) is 45.6. The van der Waals surface area contributed by atoms with Crippen LogP contribution in [0.3, 0.4) is 0 Å². The van der Waals surface area contributed by atoms with Gasteiger partial charge in [0.05, 0.1) is 16.7 Å². The number of aromatic nitrogens is 2. The van der Waals surface area contributed by atoms with Gasteiger partial charge in [0, 0.05) is 33.5 Å². The van der Waals surface area contributed by atoms with Crippen molar-refractivity contribution < 1.29 is 0 Å². The van der Waals surface area contributed by atoms with E-state index in [-0.39, 0.29) is 5.41 Å². The number of hydrogen-bond donors (Lipinski definition) is 0. The summed E-state index contributed by atoms with van der Waals surface area (Å²) in [7, 11) is 0. The number of nitrogens with zero attached hydrogens (tertiary/aromatic N) is 2. The highest BCUT2D eigenvalue weighted by atomic mass is 14.7. The Balaban J connectivity index is 1.24. The molecule has 1 aliphatic carbocycles. The zero-order valence-corrected chi connectivity index (χ0v) is 23.1. The van der Waals surface area contributed by atoms with E-state index >= 15 is 0 Å². The maximum atomic E-state index is 5.20. The quantitative estimate of drug-likeness (QED) is 0.230. The van der Waals surface area contributed by atoms with Crippen molar-refractivity contribution >= 4 is 21.8 Å². The third kappa shape index (κ3) is 3.72. The first kappa shape index (κ1) is 23.8. The summed E-state index contributed by atoms with van der Waals surface area (Å²) in [4.78, 5) is 9.88. The molecule has 0 aliphatic heterocycles. The van der Waals surface area contributed by atoms with Crippen LogP contribution < -0.4 is 0 Å². The van der Waals surface area contributed by atoms with Crippen LogP contribution in [-0.4, -0.2) is 9.97 Å². The Morgan fingerprint density at radius 2 is 1.22 bits per heavy atom. The van der Waals surface area contributed by atoms with Crippen LogP contribution in [0, 0.1) is 0 Å². The number of fused-ring (bicyclic) bond motifs is 5. The van der Waals surface area contributed by atoms with E-state index in [9.17, 15) is 0 Å². The fourth-order valence-electron chi connectivity index (χ4n) is 6.62. The minimum atomic E-state index is -0.140. The second-order valence-electron chi connectivity index (χ2n) is 11.5. The van der Waals surface area contributed by atoms with Gasteiger partial charge in [-0.1, -0.05) is 117 Å². The van der Waals surface area contributed by atoms with E-state index in [2.05, 4.69) is 140 Å². The van der Waals surface area contributed by atoms with Crippen molar-refractivity contribution in [3.63, 3.8) is 0 Å². The molecule has 2 heteroatoms. The molecule has 194 valence electrons. The van der Waals surface area contributed by atoms with E-state index in [0.29, 0.717) is 0 Å². The van der Waals surface area contributed by atoms with Crippen LogP contribution in [0.25, 0.3) is 66.4 Å². The van der Waals surface area contributed by atoms with Crippen molar-refractivity contribution in [1.82, 2.24) is 9.97 Å². The van der Waals surface area contributed by atoms with Crippen LogP contribution in [0.4, 0.5) is 0 Å². The molecule has 0 saturated heterocycles. The number of rotatable bonds is 3. The zero-order valence-electron chi connectivity index (χ0n) is 23.1. The summed E-state index contributed by atoms with van der Waals surface area (Å²) in [6.07, 6.45) is 1.97. The molecule has 0 unspecified atom stereocenters. The van der Waals surface area contributed by atoms with Gasteiger partial charge in [0.15, 0.2) is 0 Å². The summed E-state index contributed by atoms with van der Waals surface area (Å²) in [6.45, 7) is 4.66. The van der Waals surface area contributed by atoms with Crippen LogP contribution in [0.2, 0.25) is 0 Å². The third-order valence-electron chi connectivity index (χ3n) is 8.67. The number of benzene rings is 5. The van der Waals surface area contributed by atoms with Crippen LogP contribution in [-0.2, 0) is 5.41 Å². The van der Waals surface area contributed by atoms with E-state index in [1.165, 1.54) is 49.9 Å². The lowest BCUT2D eigenvalue weighted by Crippen LogP contribution is -2.16. The van der Waals surface area contributed by atoms with E-state index in [1.807, 2.05) is 12.3 Å². The van der Waals surface area contributed by atoms with Crippen LogP contribution in [0.15, 0.2) is 134 Å². The molecule has 0 saturated carbocycles. The maximum Gasteiger partial charge on any atom is 0.0759 e. The summed E-state index contributed by atoms with van der Waals surface area (Å²) in [5.74, 6) is 0. The molecule has 2 aromatic heterocycles. The van der Waals surface area contributed by atoms with Gasteiger partial charge in [-0.25, -0.2) is 4.98 Å². The van der Waals surface area contributed by atoms with Gasteiger partial charge < -0.3 is 0 Å². The van der Waals surface area contributed by atoms with Gasteiger partial charge in [-0.15, -0.1) is 0 Å². The molecule has 0 atom stereocenters. The molecule has 0 bridgehead atoms. The number of pyridine rings is 2. The first-order valence-electron chi connectivity index (χ1n) is 14.2. The fraction of sp³-hybridized carbons (Fsp3) is 0.0769. The lowest BCUT2D eigenvalue weighted by Gasteiger charge is -2.25. The fourth-order valence-corrected chi connectivity index (χ4v) is 6.62. The highest BCUT2D eigenvalue weighted by Gasteiger charge is 2.39. The lowest BCUT2D eigenvalue weighted by atomic mass is 9.78. The van der Waals surface area contributed by atoms with E-state index in [4.69, 9.17) is 4.98 Å². The molecule has 0 N–H and O–H groups in total. The summed E-state index contributed by atoms with van der Waals surface area (Å²) in [5, 5.41) is 2.35. The van der Waals surface area contributed by atoms with Gasteiger partial charge in [-0.3, -0.25) is 4.98 Å². The van der Waals surface area contributed by atoms with Gasteiger partial charge in [-0.2, -0.15) is 0 Å². The van der Waals surface area contributed by atoms with Crippen molar-refractivity contribution in [3.05, 3.63) is 145 Å². The Morgan fingerprint density at radius 1 is 0.537 bits per heavy atom. The maximum absolute atomic E-state index is 5.20. The first-order chi connectivity index (χ1) is 20.1. The molecular weight excluding hydrogens is 496 g/mol. The molecular formula is C39H28N2. The molecule has 8 rings (SSSR count). The van der Waals surface area contributed by atoms with Crippen molar-refractivity contribution in [2.24, 2.45) is 0 Å². The van der Waals surface area contributed by atoms with Gasteiger partial charge in [0.2, 0.25) is 0 Å². The average Bonchev–Trinajstić information content (AvgIpc) is 3.26. The predicted octanol–water partition coefficient (Wildman–Crippen LogP) is 10.1. The molecule has 5 aromatic carbocycles. The standard InChI is InChI=1S/C39H28N2/c1-39(2)33-15-6-4-13-31(33)38-37(39)36(32-14-5-8-17-35(32)41-38)26-20-18-25(19-21-26)27-11-9-12-28(22-27)30-23-29-10-3-7-16-34(29)40-24-30/h3-24H,1-2H3. The van der Waals surface area contributed by atoms with Crippen LogP contribution in [0.1, 0.15) is 25.0 Å². The smallest absolute Gasteiger partial charge is 0.0759 e. The SMILES string of the molecule is CC1(C)c2ccccc2-c2nc3ccccc3c(-c3ccc(-c4cccc(-c5cnc6ccccc6c5)c4)cc3)c21. The third-order valence-corrected chi connectivity index (χ3v) is 8.67. The van der Waals surface area contributed by atoms with Crippen molar-refractivity contribution in [2.45, 2.75) is 19.3 Å². The molecule has 0 amide bonds. The lowest BCUT2D eigenvalue weighted by molar-refractivity contribution is 0.662. The Bertz CT molecular complexity index is 2120. The predicted molar refractivity (Wildman–Crippen MR) is 171 cm³/mol. The topological polar surface area (TPSA) is 25.8 Å². The molecule has 0 spiro atoms. The molecule has 2 nitrogen and oxygen atoms in total. The highest BCUT2D eigenvalue weighted by Crippen LogP contribution is 2.53.